The summed E-state index contributed by atoms with van der Waals surface area (Å²) >= 11 is 6.18. The molecule has 0 bridgehead atoms. The first-order valence-electron chi connectivity index (χ1n) is 5.32. The first-order chi connectivity index (χ1) is 5.68. The molecule has 0 aromatic carbocycles. The zero-order valence-electron chi connectivity index (χ0n) is 8.35. The molecule has 1 aliphatic rings. The number of rotatable bonds is 3. The van der Waals surface area contributed by atoms with Gasteiger partial charge in [0.2, 0.25) is 0 Å². The van der Waals surface area contributed by atoms with Crippen LogP contribution in [-0.2, 0) is 0 Å². The van der Waals surface area contributed by atoms with E-state index in [9.17, 15) is 0 Å². The molecule has 12 heavy (non-hydrogen) atoms. The molecule has 0 unspecified atom stereocenters. The van der Waals surface area contributed by atoms with Crippen molar-refractivity contribution in [2.45, 2.75) is 51.6 Å². The van der Waals surface area contributed by atoms with Crippen molar-refractivity contribution in [2.24, 2.45) is 11.8 Å². The molecule has 1 aliphatic heterocycles. The van der Waals surface area contributed by atoms with Gasteiger partial charge in [0, 0.05) is 0 Å². The predicted octanol–water partition coefficient (Wildman–Crippen LogP) is 3.80. The van der Waals surface area contributed by atoms with Gasteiger partial charge in [0.05, 0.1) is 0 Å². The van der Waals surface area contributed by atoms with Gasteiger partial charge in [-0.15, -0.1) is 0 Å². The Kier molecular flexibility index (Phi) is 4.66. The maximum atomic E-state index is 6.18. The third kappa shape index (κ3) is 3.95. The fraction of sp³-hybridized carbons (Fsp3) is 1.00. The fourth-order valence-electron chi connectivity index (χ4n) is 1.98. The van der Waals surface area contributed by atoms with E-state index in [1.54, 1.807) is 0 Å². The summed E-state index contributed by atoms with van der Waals surface area (Å²) in [7, 11) is -0.710. The van der Waals surface area contributed by atoms with E-state index in [1.165, 1.54) is 37.8 Å². The summed E-state index contributed by atoms with van der Waals surface area (Å²) in [6, 6.07) is 2.79. The Bertz CT molecular complexity index is 117. The quantitative estimate of drug-likeness (QED) is 0.485. The van der Waals surface area contributed by atoms with Crippen molar-refractivity contribution in [3.8, 4) is 0 Å². The summed E-state index contributed by atoms with van der Waals surface area (Å²) < 4.78 is 0. The smallest absolute Gasteiger partial charge is 0.141 e. The summed E-state index contributed by atoms with van der Waals surface area (Å²) in [5.41, 5.74) is 0. The molecule has 0 aromatic rings. The zero-order valence-corrected chi connectivity index (χ0v) is 10.3. The van der Waals surface area contributed by atoms with Gasteiger partial charge in [-0.3, -0.25) is 0 Å². The second-order valence-electron chi connectivity index (χ2n) is 4.59. The Morgan fingerprint density at radius 2 is 1.92 bits per heavy atom. The highest BCUT2D eigenvalue weighted by Crippen LogP contribution is 2.30. The fourth-order valence-corrected chi connectivity index (χ4v) is 4.69. The average Bonchev–Trinajstić information content (AvgIpc) is 2.03. The van der Waals surface area contributed by atoms with Crippen LogP contribution in [0.3, 0.4) is 0 Å². The molecule has 0 amide bonds. The van der Waals surface area contributed by atoms with Crippen molar-refractivity contribution in [1.29, 1.82) is 0 Å². The molecule has 0 saturated carbocycles. The van der Waals surface area contributed by atoms with Crippen LogP contribution in [-0.4, -0.2) is 8.11 Å². The van der Waals surface area contributed by atoms with E-state index in [-0.39, 0.29) is 0 Å². The van der Waals surface area contributed by atoms with Crippen molar-refractivity contribution < 1.29 is 0 Å². The molecule has 0 aromatic heterocycles. The van der Waals surface area contributed by atoms with Crippen molar-refractivity contribution in [1.82, 2.24) is 0 Å². The van der Waals surface area contributed by atoms with Crippen LogP contribution in [0, 0.1) is 11.8 Å². The molecular weight excluding hydrogens is 184 g/mol. The molecule has 0 spiro atoms. The number of halogens is 1. The molecule has 1 fully saturated rings. The number of hydrogen-bond donors (Lipinski definition) is 0. The minimum Gasteiger partial charge on any atom is -0.172 e. The van der Waals surface area contributed by atoms with Crippen molar-refractivity contribution >= 4 is 19.2 Å². The van der Waals surface area contributed by atoms with E-state index in [4.69, 9.17) is 11.1 Å². The molecule has 0 nitrogen and oxygen atoms in total. The van der Waals surface area contributed by atoms with Crippen LogP contribution < -0.4 is 0 Å². The lowest BCUT2D eigenvalue weighted by molar-refractivity contribution is 0.393. The highest BCUT2D eigenvalue weighted by molar-refractivity contribution is 7.07. The van der Waals surface area contributed by atoms with Crippen LogP contribution in [0.5, 0.6) is 0 Å². The average molecular weight is 205 g/mol. The van der Waals surface area contributed by atoms with Gasteiger partial charge in [-0.05, 0) is 23.9 Å². The summed E-state index contributed by atoms with van der Waals surface area (Å²) in [5.74, 6) is 1.91. The van der Waals surface area contributed by atoms with E-state index < -0.39 is 8.11 Å². The van der Waals surface area contributed by atoms with Crippen LogP contribution in [0.4, 0.5) is 0 Å². The SMILES string of the molecule is CC(C)CCC1CC[SiH](Cl)CC1. The molecule has 1 saturated heterocycles. The van der Waals surface area contributed by atoms with Gasteiger partial charge in [0.25, 0.3) is 0 Å². The van der Waals surface area contributed by atoms with Gasteiger partial charge in [0.1, 0.15) is 8.11 Å². The van der Waals surface area contributed by atoms with Gasteiger partial charge in [-0.1, -0.05) is 39.5 Å². The van der Waals surface area contributed by atoms with E-state index >= 15 is 0 Å². The van der Waals surface area contributed by atoms with Gasteiger partial charge in [-0.2, -0.15) is 11.1 Å². The lowest BCUT2D eigenvalue weighted by Crippen LogP contribution is -2.16. The molecule has 2 heteroatoms. The third-order valence-electron chi connectivity index (χ3n) is 2.93. The van der Waals surface area contributed by atoms with Crippen molar-refractivity contribution in [3.05, 3.63) is 0 Å². The molecular formula is C10H21ClSi. The number of hydrogen-bond acceptors (Lipinski definition) is 0. The first-order valence-corrected chi connectivity index (χ1v) is 8.70. The predicted molar refractivity (Wildman–Crippen MR) is 59.4 cm³/mol. The lowest BCUT2D eigenvalue weighted by Gasteiger charge is -2.24. The standard InChI is InChI=1S/C10H21ClSi/c1-9(2)3-4-10-5-7-12(11)8-6-10/h9-10,12H,3-8H2,1-2H3. The molecule has 0 N–H and O–H groups in total. The highest BCUT2D eigenvalue weighted by Gasteiger charge is 2.20. The Balaban J connectivity index is 2.09. The van der Waals surface area contributed by atoms with E-state index in [1.807, 2.05) is 0 Å². The monoisotopic (exact) mass is 204 g/mol. The van der Waals surface area contributed by atoms with Gasteiger partial charge in [0.15, 0.2) is 0 Å². The molecule has 1 heterocycles. The Morgan fingerprint density at radius 3 is 2.42 bits per heavy atom. The highest BCUT2D eigenvalue weighted by atomic mass is 35.6. The van der Waals surface area contributed by atoms with Gasteiger partial charge < -0.3 is 0 Å². The maximum Gasteiger partial charge on any atom is 0.141 e. The largest absolute Gasteiger partial charge is 0.172 e. The Labute approximate surface area is 83.0 Å². The van der Waals surface area contributed by atoms with Gasteiger partial charge in [-0.25, -0.2) is 0 Å². The zero-order chi connectivity index (χ0) is 8.97. The van der Waals surface area contributed by atoms with Crippen LogP contribution in [0.2, 0.25) is 12.1 Å². The Hall–Kier alpha value is 0.507. The summed E-state index contributed by atoms with van der Waals surface area (Å²) in [6.45, 7) is 4.64. The van der Waals surface area contributed by atoms with Crippen molar-refractivity contribution in [2.75, 3.05) is 0 Å². The van der Waals surface area contributed by atoms with E-state index in [2.05, 4.69) is 13.8 Å². The molecule has 72 valence electrons. The maximum absolute atomic E-state index is 6.18. The van der Waals surface area contributed by atoms with Gasteiger partial charge >= 0.3 is 0 Å². The summed E-state index contributed by atoms with van der Waals surface area (Å²) in [6.07, 6.45) is 5.75. The summed E-state index contributed by atoms with van der Waals surface area (Å²) in [4.78, 5) is 0. The lowest BCUT2D eigenvalue weighted by atomic mass is 9.93. The second-order valence-corrected chi connectivity index (χ2v) is 8.79. The minimum atomic E-state index is -0.710. The van der Waals surface area contributed by atoms with Crippen LogP contribution in [0.25, 0.3) is 0 Å². The summed E-state index contributed by atoms with van der Waals surface area (Å²) in [5, 5.41) is 0. The molecule has 0 radical (unpaired) electrons. The minimum absolute atomic E-state index is 0.710. The van der Waals surface area contributed by atoms with Crippen LogP contribution in [0.15, 0.2) is 0 Å². The van der Waals surface area contributed by atoms with E-state index in [0.29, 0.717) is 0 Å². The van der Waals surface area contributed by atoms with Crippen LogP contribution in [0.1, 0.15) is 39.5 Å². The van der Waals surface area contributed by atoms with Crippen molar-refractivity contribution in [3.63, 3.8) is 0 Å². The molecule has 0 atom stereocenters. The second kappa shape index (κ2) is 5.28. The first kappa shape index (κ1) is 10.6. The molecule has 1 rings (SSSR count). The third-order valence-corrected chi connectivity index (χ3v) is 6.16. The molecule has 0 aliphatic carbocycles. The van der Waals surface area contributed by atoms with E-state index in [0.717, 1.165) is 11.8 Å². The topological polar surface area (TPSA) is 0 Å². The normalized spacial score (nSPS) is 31.0. The van der Waals surface area contributed by atoms with Crippen LogP contribution >= 0.6 is 11.1 Å². The Morgan fingerprint density at radius 1 is 1.33 bits per heavy atom.